The van der Waals surface area contributed by atoms with Crippen molar-refractivity contribution >= 4 is 11.8 Å². The van der Waals surface area contributed by atoms with Gasteiger partial charge in [-0.2, -0.15) is 11.8 Å². The summed E-state index contributed by atoms with van der Waals surface area (Å²) in [5.41, 5.74) is 5.00. The number of hydrogen-bond acceptors (Lipinski definition) is 3. The van der Waals surface area contributed by atoms with E-state index in [2.05, 4.69) is 13.8 Å². The third-order valence-corrected chi connectivity index (χ3v) is 3.69. The molecule has 1 rings (SSSR count). The molecule has 3 heteroatoms. The third-order valence-electron chi connectivity index (χ3n) is 2.36. The Kier molecular flexibility index (Phi) is 3.44. The van der Waals surface area contributed by atoms with Crippen molar-refractivity contribution in [2.24, 2.45) is 11.7 Å². The van der Waals surface area contributed by atoms with Crippen molar-refractivity contribution < 1.29 is 5.11 Å². The molecule has 1 unspecified atom stereocenters. The van der Waals surface area contributed by atoms with Crippen LogP contribution in [0, 0.1) is 5.92 Å². The van der Waals surface area contributed by atoms with Crippen LogP contribution in [0.5, 0.6) is 0 Å². The van der Waals surface area contributed by atoms with Gasteiger partial charge in [-0.1, -0.05) is 13.8 Å². The normalized spacial score (nSPS) is 22.8. The summed E-state index contributed by atoms with van der Waals surface area (Å²) in [5.74, 6) is 1.28. The van der Waals surface area contributed by atoms with Crippen LogP contribution >= 0.6 is 11.8 Å². The quantitative estimate of drug-likeness (QED) is 0.684. The molecular formula is C9H19NOS. The van der Waals surface area contributed by atoms with Crippen molar-refractivity contribution in [1.82, 2.24) is 0 Å². The maximum atomic E-state index is 10.1. The minimum Gasteiger partial charge on any atom is -0.387 e. The molecule has 0 aromatic heterocycles. The van der Waals surface area contributed by atoms with Gasteiger partial charge in [0.05, 0.1) is 5.60 Å². The van der Waals surface area contributed by atoms with Crippen molar-refractivity contribution in [3.8, 4) is 0 Å². The van der Waals surface area contributed by atoms with Gasteiger partial charge >= 0.3 is 0 Å². The van der Waals surface area contributed by atoms with Crippen LogP contribution in [0.25, 0.3) is 0 Å². The molecule has 0 aromatic carbocycles. The van der Waals surface area contributed by atoms with E-state index in [1.807, 2.05) is 0 Å². The summed E-state index contributed by atoms with van der Waals surface area (Å²) in [4.78, 5) is 0. The van der Waals surface area contributed by atoms with Gasteiger partial charge in [-0.25, -0.2) is 0 Å². The molecule has 0 aromatic rings. The van der Waals surface area contributed by atoms with Crippen LogP contribution in [0.4, 0.5) is 0 Å². The lowest BCUT2D eigenvalue weighted by Crippen LogP contribution is -2.42. The molecule has 0 aliphatic heterocycles. The summed E-state index contributed by atoms with van der Waals surface area (Å²) >= 11 is 1.80. The number of aliphatic hydroxyl groups is 1. The van der Waals surface area contributed by atoms with E-state index in [0.717, 1.165) is 18.6 Å². The summed E-state index contributed by atoms with van der Waals surface area (Å²) in [6.45, 7) is 4.71. The second-order valence-corrected chi connectivity index (χ2v) is 5.51. The van der Waals surface area contributed by atoms with Gasteiger partial charge in [-0.3, -0.25) is 0 Å². The molecule has 0 spiro atoms. The van der Waals surface area contributed by atoms with Crippen LogP contribution in [-0.4, -0.2) is 28.3 Å². The Morgan fingerprint density at radius 1 is 1.58 bits per heavy atom. The van der Waals surface area contributed by atoms with E-state index < -0.39 is 5.60 Å². The van der Waals surface area contributed by atoms with Crippen molar-refractivity contribution in [2.45, 2.75) is 37.5 Å². The smallest absolute Gasteiger partial charge is 0.0887 e. The fourth-order valence-electron chi connectivity index (χ4n) is 1.28. The topological polar surface area (TPSA) is 46.2 Å². The summed E-state index contributed by atoms with van der Waals surface area (Å²) in [7, 11) is 0. The first-order chi connectivity index (χ1) is 5.58. The van der Waals surface area contributed by atoms with Crippen LogP contribution in [0.3, 0.4) is 0 Å². The van der Waals surface area contributed by atoms with Gasteiger partial charge < -0.3 is 10.8 Å². The average Bonchev–Trinajstić information content (AvgIpc) is 2.82. The second kappa shape index (κ2) is 3.99. The molecule has 0 heterocycles. The fourth-order valence-corrected chi connectivity index (χ4v) is 2.25. The van der Waals surface area contributed by atoms with E-state index in [1.54, 1.807) is 11.8 Å². The molecule has 1 aliphatic carbocycles. The van der Waals surface area contributed by atoms with Gasteiger partial charge in [-0.05, 0) is 24.0 Å². The first kappa shape index (κ1) is 10.4. The molecule has 0 amide bonds. The Morgan fingerprint density at radius 2 is 2.17 bits per heavy atom. The Hall–Kier alpha value is 0.270. The molecule has 1 aliphatic rings. The third kappa shape index (κ3) is 2.64. The SMILES string of the molecule is CC(C)SCC(O)(CN)C1CC1. The van der Waals surface area contributed by atoms with Crippen LogP contribution < -0.4 is 5.73 Å². The van der Waals surface area contributed by atoms with E-state index in [-0.39, 0.29) is 0 Å². The highest BCUT2D eigenvalue weighted by Crippen LogP contribution is 2.41. The van der Waals surface area contributed by atoms with Crippen molar-refractivity contribution in [3.05, 3.63) is 0 Å². The summed E-state index contributed by atoms with van der Waals surface area (Å²) in [6.07, 6.45) is 2.32. The zero-order chi connectivity index (χ0) is 9.19. The standard InChI is InChI=1S/C9H19NOS/c1-7(2)12-6-9(11,5-10)8-3-4-8/h7-8,11H,3-6,10H2,1-2H3. The molecule has 1 atom stereocenters. The monoisotopic (exact) mass is 189 g/mol. The van der Waals surface area contributed by atoms with E-state index in [1.165, 1.54) is 0 Å². The maximum absolute atomic E-state index is 10.1. The highest BCUT2D eigenvalue weighted by atomic mass is 32.2. The van der Waals surface area contributed by atoms with E-state index in [4.69, 9.17) is 5.73 Å². The molecule has 0 bridgehead atoms. The number of nitrogens with two attached hydrogens (primary N) is 1. The van der Waals surface area contributed by atoms with Crippen LogP contribution in [0.2, 0.25) is 0 Å². The summed E-state index contributed by atoms with van der Waals surface area (Å²) in [6, 6.07) is 0. The predicted molar refractivity (Wildman–Crippen MR) is 54.3 cm³/mol. The first-order valence-electron chi connectivity index (χ1n) is 4.62. The number of thioether (sulfide) groups is 1. The Bertz CT molecular complexity index is 147. The van der Waals surface area contributed by atoms with Gasteiger partial charge in [0.25, 0.3) is 0 Å². The molecular weight excluding hydrogens is 170 g/mol. The van der Waals surface area contributed by atoms with Gasteiger partial charge in [0.1, 0.15) is 0 Å². The second-order valence-electron chi connectivity index (χ2n) is 3.94. The molecule has 72 valence electrons. The molecule has 2 nitrogen and oxygen atoms in total. The van der Waals surface area contributed by atoms with Crippen molar-refractivity contribution in [3.63, 3.8) is 0 Å². The lowest BCUT2D eigenvalue weighted by Gasteiger charge is -2.26. The van der Waals surface area contributed by atoms with Crippen LogP contribution in [-0.2, 0) is 0 Å². The Labute approximate surface area is 78.9 Å². The Balaban J connectivity index is 2.33. The molecule has 1 saturated carbocycles. The minimum absolute atomic E-state index is 0.414. The fraction of sp³-hybridized carbons (Fsp3) is 1.00. The van der Waals surface area contributed by atoms with E-state index in [9.17, 15) is 5.11 Å². The van der Waals surface area contributed by atoms with E-state index >= 15 is 0 Å². The zero-order valence-electron chi connectivity index (χ0n) is 7.92. The predicted octanol–water partition coefficient (Wildman–Crippen LogP) is 1.23. The van der Waals surface area contributed by atoms with Crippen molar-refractivity contribution in [1.29, 1.82) is 0 Å². The van der Waals surface area contributed by atoms with E-state index in [0.29, 0.717) is 17.7 Å². The van der Waals surface area contributed by atoms with Gasteiger partial charge in [0.2, 0.25) is 0 Å². The largest absolute Gasteiger partial charge is 0.387 e. The molecule has 0 radical (unpaired) electrons. The molecule has 12 heavy (non-hydrogen) atoms. The first-order valence-corrected chi connectivity index (χ1v) is 5.67. The van der Waals surface area contributed by atoms with Crippen molar-refractivity contribution in [2.75, 3.05) is 12.3 Å². The zero-order valence-corrected chi connectivity index (χ0v) is 8.73. The highest BCUT2D eigenvalue weighted by Gasteiger charge is 2.42. The van der Waals surface area contributed by atoms with Gasteiger partial charge in [-0.15, -0.1) is 0 Å². The van der Waals surface area contributed by atoms with Gasteiger partial charge in [0.15, 0.2) is 0 Å². The number of rotatable bonds is 5. The maximum Gasteiger partial charge on any atom is 0.0887 e. The lowest BCUT2D eigenvalue weighted by atomic mass is 10.0. The van der Waals surface area contributed by atoms with Crippen LogP contribution in [0.1, 0.15) is 26.7 Å². The summed E-state index contributed by atoms with van der Waals surface area (Å²) < 4.78 is 0. The molecule has 0 saturated heterocycles. The Morgan fingerprint density at radius 3 is 2.50 bits per heavy atom. The average molecular weight is 189 g/mol. The lowest BCUT2D eigenvalue weighted by molar-refractivity contribution is 0.0509. The number of hydrogen-bond donors (Lipinski definition) is 2. The summed E-state index contributed by atoms with van der Waals surface area (Å²) in [5, 5.41) is 10.6. The van der Waals surface area contributed by atoms with Crippen LogP contribution in [0.15, 0.2) is 0 Å². The molecule has 1 fully saturated rings. The molecule has 3 N–H and O–H groups in total. The van der Waals surface area contributed by atoms with Gasteiger partial charge in [0, 0.05) is 12.3 Å². The minimum atomic E-state index is -0.574. The highest BCUT2D eigenvalue weighted by molar-refractivity contribution is 7.99.